The average molecular weight is 295 g/mol. The van der Waals surface area contributed by atoms with Gasteiger partial charge in [0.2, 0.25) is 0 Å². The Hall–Kier alpha value is -1.58. The number of aryl methyl sites for hydroxylation is 1. The molecule has 2 aromatic rings. The molecule has 2 rings (SSSR count). The fourth-order valence-corrected chi connectivity index (χ4v) is 2.09. The van der Waals surface area contributed by atoms with Gasteiger partial charge in [0, 0.05) is 10.0 Å². The number of hydrogen-bond donors (Lipinski definition) is 1. The zero-order chi connectivity index (χ0) is 13.8. The number of hydrogen-bond acceptors (Lipinski definition) is 3. The number of benzene rings is 2. The van der Waals surface area contributed by atoms with Crippen molar-refractivity contribution in [2.75, 3.05) is 0 Å². The lowest BCUT2D eigenvalue weighted by atomic mass is 10.1. The van der Waals surface area contributed by atoms with Crippen molar-refractivity contribution in [1.82, 2.24) is 0 Å². The minimum absolute atomic E-state index is 0.0917. The Kier molecular flexibility index (Phi) is 4.40. The Labute approximate surface area is 121 Å². The molecule has 1 N–H and O–H groups in total. The highest BCUT2D eigenvalue weighted by molar-refractivity contribution is 6.35. The highest BCUT2D eigenvalue weighted by Crippen LogP contribution is 2.31. The van der Waals surface area contributed by atoms with Gasteiger partial charge in [-0.25, -0.2) is 0 Å². The maximum Gasteiger partial charge on any atom is 0.143 e. The lowest BCUT2D eigenvalue weighted by Crippen LogP contribution is -1.78. The molecule has 0 radical (unpaired) electrons. The quantitative estimate of drug-likeness (QED) is 0.728. The number of halogens is 2. The molecule has 0 heterocycles. The Morgan fingerprint density at radius 1 is 1.00 bits per heavy atom. The van der Waals surface area contributed by atoms with E-state index in [1.807, 2.05) is 13.0 Å². The van der Waals surface area contributed by atoms with Gasteiger partial charge in [0.05, 0.1) is 5.69 Å². The van der Waals surface area contributed by atoms with E-state index in [9.17, 15) is 5.11 Å². The van der Waals surface area contributed by atoms with Gasteiger partial charge in [0.15, 0.2) is 0 Å². The van der Waals surface area contributed by atoms with Gasteiger partial charge in [-0.05, 0) is 42.3 Å². The summed E-state index contributed by atoms with van der Waals surface area (Å²) in [7, 11) is 0. The molecule has 0 unspecified atom stereocenters. The highest BCUT2D eigenvalue weighted by atomic mass is 35.5. The third-order valence-corrected chi connectivity index (χ3v) is 3.01. The predicted octanol–water partition coefficient (Wildman–Crippen LogP) is 5.68. The summed E-state index contributed by atoms with van der Waals surface area (Å²) in [6, 6.07) is 10.2. The molecule has 0 amide bonds. The fraction of sp³-hybridized carbons (Fsp3) is 0.143. The second-order valence-corrected chi connectivity index (χ2v) is 4.88. The van der Waals surface area contributed by atoms with Crippen molar-refractivity contribution in [3.8, 4) is 5.75 Å². The Morgan fingerprint density at radius 3 is 2.32 bits per heavy atom. The van der Waals surface area contributed by atoms with Crippen molar-refractivity contribution in [3.05, 3.63) is 52.0 Å². The summed E-state index contributed by atoms with van der Waals surface area (Å²) in [4.78, 5) is 0. The largest absolute Gasteiger partial charge is 0.506 e. The molecule has 0 fully saturated rings. The molecular weight excluding hydrogens is 283 g/mol. The summed E-state index contributed by atoms with van der Waals surface area (Å²) < 4.78 is 0. The molecule has 0 aliphatic heterocycles. The molecule has 19 heavy (non-hydrogen) atoms. The molecule has 0 saturated heterocycles. The summed E-state index contributed by atoms with van der Waals surface area (Å²) >= 11 is 11.8. The molecule has 3 nitrogen and oxygen atoms in total. The van der Waals surface area contributed by atoms with Gasteiger partial charge >= 0.3 is 0 Å². The van der Waals surface area contributed by atoms with Gasteiger partial charge in [-0.2, -0.15) is 5.11 Å². The van der Waals surface area contributed by atoms with E-state index >= 15 is 0 Å². The molecule has 0 saturated carbocycles. The number of azo groups is 1. The molecule has 0 aromatic heterocycles. The SMILES string of the molecule is CCc1ccc(O)c(N=Nc2cc(Cl)cc(Cl)c2)c1. The van der Waals surface area contributed by atoms with Gasteiger partial charge in [-0.3, -0.25) is 0 Å². The Bertz CT molecular complexity index is 607. The second-order valence-electron chi connectivity index (χ2n) is 4.00. The highest BCUT2D eigenvalue weighted by Gasteiger charge is 2.02. The van der Waals surface area contributed by atoms with Crippen molar-refractivity contribution in [1.29, 1.82) is 0 Å². The molecular formula is C14H12Cl2N2O. The van der Waals surface area contributed by atoms with Crippen LogP contribution in [0, 0.1) is 0 Å². The molecule has 2 aromatic carbocycles. The summed E-state index contributed by atoms with van der Waals surface area (Å²) in [5, 5.41) is 18.8. The van der Waals surface area contributed by atoms with Crippen LogP contribution in [0.1, 0.15) is 12.5 Å². The number of nitrogens with zero attached hydrogens (tertiary/aromatic N) is 2. The lowest BCUT2D eigenvalue weighted by molar-refractivity contribution is 0.476. The minimum Gasteiger partial charge on any atom is -0.506 e. The van der Waals surface area contributed by atoms with Crippen LogP contribution in [0.15, 0.2) is 46.6 Å². The van der Waals surface area contributed by atoms with E-state index in [0.717, 1.165) is 12.0 Å². The molecule has 0 spiro atoms. The lowest BCUT2D eigenvalue weighted by Gasteiger charge is -2.01. The Balaban J connectivity index is 2.31. The first-order chi connectivity index (χ1) is 9.08. The fourth-order valence-electron chi connectivity index (χ4n) is 1.58. The minimum atomic E-state index is 0.0917. The molecule has 0 atom stereocenters. The van der Waals surface area contributed by atoms with E-state index in [0.29, 0.717) is 21.4 Å². The van der Waals surface area contributed by atoms with Crippen LogP contribution in [0.2, 0.25) is 10.0 Å². The molecule has 5 heteroatoms. The maximum atomic E-state index is 9.71. The van der Waals surface area contributed by atoms with E-state index in [-0.39, 0.29) is 5.75 Å². The number of rotatable bonds is 3. The summed E-state index contributed by atoms with van der Waals surface area (Å²) in [5.41, 5.74) is 2.05. The normalized spacial score (nSPS) is 11.1. The monoisotopic (exact) mass is 294 g/mol. The second kappa shape index (κ2) is 6.04. The van der Waals surface area contributed by atoms with Gasteiger partial charge < -0.3 is 5.11 Å². The van der Waals surface area contributed by atoms with Crippen molar-refractivity contribution in [3.63, 3.8) is 0 Å². The smallest absolute Gasteiger partial charge is 0.143 e. The third-order valence-electron chi connectivity index (χ3n) is 2.57. The van der Waals surface area contributed by atoms with Gasteiger partial charge in [-0.15, -0.1) is 5.11 Å². The van der Waals surface area contributed by atoms with Crippen LogP contribution in [0.25, 0.3) is 0 Å². The number of phenolic OH excluding ortho intramolecular Hbond substituents is 1. The van der Waals surface area contributed by atoms with Crippen LogP contribution in [0.5, 0.6) is 5.75 Å². The van der Waals surface area contributed by atoms with Crippen LogP contribution < -0.4 is 0 Å². The maximum absolute atomic E-state index is 9.71. The molecule has 98 valence electrons. The zero-order valence-electron chi connectivity index (χ0n) is 10.3. The summed E-state index contributed by atoms with van der Waals surface area (Å²) in [5.74, 6) is 0.0917. The molecule has 0 bridgehead atoms. The van der Waals surface area contributed by atoms with E-state index in [1.54, 1.807) is 30.3 Å². The number of phenols is 1. The topological polar surface area (TPSA) is 45.0 Å². The number of aromatic hydroxyl groups is 1. The van der Waals surface area contributed by atoms with E-state index in [2.05, 4.69) is 10.2 Å². The van der Waals surface area contributed by atoms with Crippen LogP contribution in [-0.2, 0) is 6.42 Å². The first kappa shape index (κ1) is 13.8. The molecule has 0 aliphatic rings. The van der Waals surface area contributed by atoms with Crippen LogP contribution >= 0.6 is 23.2 Å². The third kappa shape index (κ3) is 3.69. The van der Waals surface area contributed by atoms with Crippen molar-refractivity contribution >= 4 is 34.6 Å². The van der Waals surface area contributed by atoms with E-state index in [1.165, 1.54) is 0 Å². The summed E-state index contributed by atoms with van der Waals surface area (Å²) in [6.07, 6.45) is 0.867. The van der Waals surface area contributed by atoms with Crippen LogP contribution in [0.3, 0.4) is 0 Å². The van der Waals surface area contributed by atoms with Crippen molar-refractivity contribution in [2.45, 2.75) is 13.3 Å². The standard InChI is InChI=1S/C14H12Cl2N2O/c1-2-9-3-4-14(19)13(5-9)18-17-12-7-10(15)6-11(16)8-12/h3-8,19H,2H2,1H3. The first-order valence-corrected chi connectivity index (χ1v) is 6.54. The van der Waals surface area contributed by atoms with E-state index in [4.69, 9.17) is 23.2 Å². The van der Waals surface area contributed by atoms with Gasteiger partial charge in [0.1, 0.15) is 11.4 Å². The summed E-state index contributed by atoms with van der Waals surface area (Å²) in [6.45, 7) is 2.03. The zero-order valence-corrected chi connectivity index (χ0v) is 11.8. The van der Waals surface area contributed by atoms with Gasteiger partial charge in [-0.1, -0.05) is 36.2 Å². The predicted molar refractivity (Wildman–Crippen MR) is 78.1 cm³/mol. The average Bonchev–Trinajstić information content (AvgIpc) is 2.37. The molecule has 0 aliphatic carbocycles. The van der Waals surface area contributed by atoms with Crippen molar-refractivity contribution in [2.24, 2.45) is 10.2 Å². The first-order valence-electron chi connectivity index (χ1n) is 5.78. The Morgan fingerprint density at radius 2 is 1.68 bits per heavy atom. The van der Waals surface area contributed by atoms with E-state index < -0.39 is 0 Å². The van der Waals surface area contributed by atoms with Crippen molar-refractivity contribution < 1.29 is 5.11 Å². The van der Waals surface area contributed by atoms with Crippen LogP contribution in [-0.4, -0.2) is 5.11 Å². The van der Waals surface area contributed by atoms with Gasteiger partial charge in [0.25, 0.3) is 0 Å². The van der Waals surface area contributed by atoms with Crippen LogP contribution in [0.4, 0.5) is 11.4 Å².